The number of halogens is 1. The standard InChI is InChI=1S/C14H21BrN2/c1-9-13(15)7-16-17(9)8-10-4-5-11-6-12(10)14(11,2)3/h7,10-12H,4-6,8H2,1-3H3/t10-,11-,12-/m0/s1. The molecule has 1 aromatic heterocycles. The van der Waals surface area contributed by atoms with Crippen molar-refractivity contribution >= 4 is 15.9 Å². The van der Waals surface area contributed by atoms with E-state index < -0.39 is 0 Å². The molecule has 0 aromatic carbocycles. The molecule has 3 aliphatic rings. The summed E-state index contributed by atoms with van der Waals surface area (Å²) in [5.74, 6) is 2.75. The monoisotopic (exact) mass is 296 g/mol. The van der Waals surface area contributed by atoms with Gasteiger partial charge in [0.05, 0.1) is 10.7 Å². The molecule has 0 unspecified atom stereocenters. The second kappa shape index (κ2) is 3.84. The Bertz CT molecular complexity index is 433. The number of hydrogen-bond donors (Lipinski definition) is 0. The van der Waals surface area contributed by atoms with E-state index in [0.717, 1.165) is 28.8 Å². The predicted molar refractivity (Wildman–Crippen MR) is 72.8 cm³/mol. The molecule has 1 heterocycles. The highest BCUT2D eigenvalue weighted by molar-refractivity contribution is 9.10. The van der Waals surface area contributed by atoms with Crippen LogP contribution in [0.4, 0.5) is 0 Å². The lowest BCUT2D eigenvalue weighted by atomic mass is 9.45. The summed E-state index contributed by atoms with van der Waals surface area (Å²) in [6, 6.07) is 0. The van der Waals surface area contributed by atoms with Gasteiger partial charge in [-0.25, -0.2) is 0 Å². The van der Waals surface area contributed by atoms with Crippen LogP contribution in [0.2, 0.25) is 0 Å². The smallest absolute Gasteiger partial charge is 0.0635 e. The summed E-state index contributed by atoms with van der Waals surface area (Å²) < 4.78 is 3.32. The first-order chi connectivity index (χ1) is 8.00. The van der Waals surface area contributed by atoms with Gasteiger partial charge < -0.3 is 0 Å². The van der Waals surface area contributed by atoms with E-state index in [0.29, 0.717) is 5.41 Å². The van der Waals surface area contributed by atoms with Crippen LogP contribution in [-0.2, 0) is 6.54 Å². The molecule has 94 valence electrons. The van der Waals surface area contributed by atoms with Crippen molar-refractivity contribution < 1.29 is 0 Å². The van der Waals surface area contributed by atoms with E-state index in [2.05, 4.69) is 46.5 Å². The molecule has 3 aliphatic carbocycles. The maximum Gasteiger partial charge on any atom is 0.0635 e. The summed E-state index contributed by atoms with van der Waals surface area (Å²) in [6.45, 7) is 8.18. The predicted octanol–water partition coefficient (Wildman–Crippen LogP) is 4.03. The van der Waals surface area contributed by atoms with Gasteiger partial charge in [0.15, 0.2) is 0 Å². The van der Waals surface area contributed by atoms with E-state index in [1.54, 1.807) is 0 Å². The maximum atomic E-state index is 4.48. The Kier molecular flexibility index (Phi) is 2.66. The zero-order chi connectivity index (χ0) is 12.2. The topological polar surface area (TPSA) is 17.8 Å². The molecule has 0 N–H and O–H groups in total. The van der Waals surface area contributed by atoms with E-state index in [-0.39, 0.29) is 0 Å². The molecule has 1 aromatic rings. The molecule has 3 saturated carbocycles. The summed E-state index contributed by atoms with van der Waals surface area (Å²) >= 11 is 3.54. The zero-order valence-corrected chi connectivity index (χ0v) is 12.5. The van der Waals surface area contributed by atoms with Crippen molar-refractivity contribution in [3.63, 3.8) is 0 Å². The van der Waals surface area contributed by atoms with E-state index >= 15 is 0 Å². The van der Waals surface area contributed by atoms with Crippen molar-refractivity contribution in [3.8, 4) is 0 Å². The highest BCUT2D eigenvalue weighted by Crippen LogP contribution is 2.61. The van der Waals surface area contributed by atoms with Crippen molar-refractivity contribution in [2.24, 2.45) is 23.2 Å². The summed E-state index contributed by atoms with van der Waals surface area (Å²) in [5, 5.41) is 4.48. The second-order valence-corrected chi connectivity index (χ2v) is 7.31. The Hall–Kier alpha value is -0.310. The van der Waals surface area contributed by atoms with Crippen LogP contribution in [-0.4, -0.2) is 9.78 Å². The quantitative estimate of drug-likeness (QED) is 0.806. The van der Waals surface area contributed by atoms with Crippen LogP contribution in [0.15, 0.2) is 10.7 Å². The molecular weight excluding hydrogens is 276 g/mol. The Morgan fingerprint density at radius 3 is 2.76 bits per heavy atom. The molecule has 3 heteroatoms. The highest BCUT2D eigenvalue weighted by atomic mass is 79.9. The third-order valence-electron chi connectivity index (χ3n) is 5.45. The fourth-order valence-electron chi connectivity index (χ4n) is 4.01. The summed E-state index contributed by atoms with van der Waals surface area (Å²) in [4.78, 5) is 0. The Labute approximate surface area is 112 Å². The third kappa shape index (κ3) is 1.69. The number of rotatable bonds is 2. The van der Waals surface area contributed by atoms with E-state index in [4.69, 9.17) is 0 Å². The van der Waals surface area contributed by atoms with E-state index in [1.165, 1.54) is 25.0 Å². The molecule has 3 atom stereocenters. The van der Waals surface area contributed by atoms with Gasteiger partial charge >= 0.3 is 0 Å². The van der Waals surface area contributed by atoms with Gasteiger partial charge in [-0.3, -0.25) is 4.68 Å². The van der Waals surface area contributed by atoms with Gasteiger partial charge in [-0.15, -0.1) is 0 Å². The van der Waals surface area contributed by atoms with Gasteiger partial charge in [-0.05, 0) is 65.3 Å². The van der Waals surface area contributed by atoms with Gasteiger partial charge in [0, 0.05) is 12.2 Å². The van der Waals surface area contributed by atoms with Crippen molar-refractivity contribution in [2.45, 2.75) is 46.6 Å². The van der Waals surface area contributed by atoms with Gasteiger partial charge in [0.1, 0.15) is 0 Å². The van der Waals surface area contributed by atoms with Crippen LogP contribution in [0.5, 0.6) is 0 Å². The first-order valence-electron chi connectivity index (χ1n) is 6.68. The fourth-order valence-corrected chi connectivity index (χ4v) is 4.31. The molecule has 0 aliphatic heterocycles. The minimum Gasteiger partial charge on any atom is -0.268 e. The van der Waals surface area contributed by atoms with Crippen molar-refractivity contribution in [1.29, 1.82) is 0 Å². The minimum absolute atomic E-state index is 0.585. The van der Waals surface area contributed by atoms with Crippen molar-refractivity contribution in [1.82, 2.24) is 9.78 Å². The molecule has 0 spiro atoms. The zero-order valence-electron chi connectivity index (χ0n) is 10.9. The molecule has 0 amide bonds. The van der Waals surface area contributed by atoms with Crippen LogP contribution in [0, 0.1) is 30.1 Å². The lowest BCUT2D eigenvalue weighted by Gasteiger charge is -2.60. The summed E-state index contributed by atoms with van der Waals surface area (Å²) in [7, 11) is 0. The van der Waals surface area contributed by atoms with Gasteiger partial charge in [0.25, 0.3) is 0 Å². The van der Waals surface area contributed by atoms with Crippen LogP contribution < -0.4 is 0 Å². The van der Waals surface area contributed by atoms with Crippen molar-refractivity contribution in [2.75, 3.05) is 0 Å². The van der Waals surface area contributed by atoms with Gasteiger partial charge in [0.2, 0.25) is 0 Å². The molecule has 3 fully saturated rings. The lowest BCUT2D eigenvalue weighted by molar-refractivity contribution is -0.109. The van der Waals surface area contributed by atoms with Crippen LogP contribution in [0.3, 0.4) is 0 Å². The molecule has 0 radical (unpaired) electrons. The molecule has 4 rings (SSSR count). The molecule has 0 saturated heterocycles. The number of fused-ring (bicyclic) bond motifs is 2. The minimum atomic E-state index is 0.585. The molecule has 17 heavy (non-hydrogen) atoms. The maximum absolute atomic E-state index is 4.48. The number of hydrogen-bond acceptors (Lipinski definition) is 1. The molecular formula is C14H21BrN2. The average molecular weight is 297 g/mol. The molecule has 2 nitrogen and oxygen atoms in total. The normalized spacial score (nSPS) is 34.5. The van der Waals surface area contributed by atoms with Gasteiger partial charge in [-0.1, -0.05) is 13.8 Å². The average Bonchev–Trinajstić information content (AvgIpc) is 2.61. The summed E-state index contributed by atoms with van der Waals surface area (Å²) in [6.07, 6.45) is 6.21. The third-order valence-corrected chi connectivity index (χ3v) is 6.23. The summed E-state index contributed by atoms with van der Waals surface area (Å²) in [5.41, 5.74) is 1.85. The van der Waals surface area contributed by atoms with Gasteiger partial charge in [-0.2, -0.15) is 5.10 Å². The van der Waals surface area contributed by atoms with Crippen molar-refractivity contribution in [3.05, 3.63) is 16.4 Å². The number of nitrogens with zero attached hydrogens (tertiary/aromatic N) is 2. The Morgan fingerprint density at radius 1 is 1.47 bits per heavy atom. The Balaban J connectivity index is 1.76. The van der Waals surface area contributed by atoms with Crippen LogP contribution >= 0.6 is 15.9 Å². The fraction of sp³-hybridized carbons (Fsp3) is 0.786. The van der Waals surface area contributed by atoms with E-state index in [1.807, 2.05) is 6.20 Å². The Morgan fingerprint density at radius 2 is 2.24 bits per heavy atom. The largest absolute Gasteiger partial charge is 0.268 e. The second-order valence-electron chi connectivity index (χ2n) is 6.46. The van der Waals surface area contributed by atoms with Crippen LogP contribution in [0.25, 0.3) is 0 Å². The molecule has 2 bridgehead atoms. The first kappa shape index (κ1) is 11.8. The van der Waals surface area contributed by atoms with Crippen LogP contribution in [0.1, 0.15) is 38.8 Å². The SMILES string of the molecule is Cc1c(Br)cnn1C[C@@H]1CC[C@H]2C[C@@H]1C2(C)C. The lowest BCUT2D eigenvalue weighted by Crippen LogP contribution is -2.53. The number of aromatic nitrogens is 2. The van der Waals surface area contributed by atoms with E-state index in [9.17, 15) is 0 Å². The first-order valence-corrected chi connectivity index (χ1v) is 7.47. The highest BCUT2D eigenvalue weighted by Gasteiger charge is 2.54.